The van der Waals surface area contributed by atoms with E-state index in [9.17, 15) is 0 Å². The number of aromatic nitrogens is 2. The van der Waals surface area contributed by atoms with E-state index in [1.54, 1.807) is 6.33 Å². The minimum atomic E-state index is 0.437. The summed E-state index contributed by atoms with van der Waals surface area (Å²) in [6.07, 6.45) is 5.82. The van der Waals surface area contributed by atoms with E-state index in [0.717, 1.165) is 22.2 Å². The predicted octanol–water partition coefficient (Wildman–Crippen LogP) is 2.96. The maximum absolute atomic E-state index is 4.40. The monoisotopic (exact) mass is 333 g/mol. The van der Waals surface area contributed by atoms with Crippen molar-refractivity contribution in [3.8, 4) is 0 Å². The van der Waals surface area contributed by atoms with Gasteiger partial charge in [0.05, 0.1) is 9.26 Å². The lowest BCUT2D eigenvalue weighted by Crippen LogP contribution is -2.34. The molecule has 0 radical (unpaired) electrons. The highest BCUT2D eigenvalue weighted by molar-refractivity contribution is 14.1. The molecule has 0 aliphatic rings. The van der Waals surface area contributed by atoms with Crippen LogP contribution in [0.3, 0.4) is 0 Å². The molecule has 0 aliphatic heterocycles. The average molecular weight is 333 g/mol. The van der Waals surface area contributed by atoms with Crippen LogP contribution >= 0.6 is 22.6 Å². The summed E-state index contributed by atoms with van der Waals surface area (Å²) < 4.78 is 1.16. The standard InChI is InChI=1S/C12H20IN3/c1-4-6-15-11(5-2)9(3)12-10(13)7-14-8-16-12/h7-9,11,15H,4-6H2,1-3H3. The van der Waals surface area contributed by atoms with Crippen LogP contribution in [-0.4, -0.2) is 22.6 Å². The molecule has 2 atom stereocenters. The third-order valence-electron chi connectivity index (χ3n) is 2.83. The molecule has 0 amide bonds. The summed E-state index contributed by atoms with van der Waals surface area (Å²) in [7, 11) is 0. The number of hydrogen-bond donors (Lipinski definition) is 1. The minimum absolute atomic E-state index is 0.437. The van der Waals surface area contributed by atoms with Gasteiger partial charge in [-0.3, -0.25) is 0 Å². The van der Waals surface area contributed by atoms with Crippen molar-refractivity contribution < 1.29 is 0 Å². The first kappa shape index (κ1) is 13.8. The molecule has 1 aromatic heterocycles. The van der Waals surface area contributed by atoms with Gasteiger partial charge in [-0.1, -0.05) is 20.8 Å². The molecule has 16 heavy (non-hydrogen) atoms. The largest absolute Gasteiger partial charge is 0.313 e. The van der Waals surface area contributed by atoms with Gasteiger partial charge in [0.2, 0.25) is 0 Å². The van der Waals surface area contributed by atoms with E-state index < -0.39 is 0 Å². The van der Waals surface area contributed by atoms with Crippen LogP contribution in [0.15, 0.2) is 12.5 Å². The summed E-state index contributed by atoms with van der Waals surface area (Å²) in [5, 5.41) is 3.58. The highest BCUT2D eigenvalue weighted by Gasteiger charge is 2.19. The van der Waals surface area contributed by atoms with Crippen LogP contribution < -0.4 is 5.32 Å². The Labute approximate surface area is 112 Å². The highest BCUT2D eigenvalue weighted by Crippen LogP contribution is 2.23. The van der Waals surface area contributed by atoms with Gasteiger partial charge in [0.1, 0.15) is 6.33 Å². The quantitative estimate of drug-likeness (QED) is 0.814. The second kappa shape index (κ2) is 7.17. The number of nitrogens with zero attached hydrogens (tertiary/aromatic N) is 2. The van der Waals surface area contributed by atoms with E-state index in [1.807, 2.05) is 6.20 Å². The van der Waals surface area contributed by atoms with Crippen LogP contribution in [0, 0.1) is 3.57 Å². The third kappa shape index (κ3) is 3.66. The van der Waals surface area contributed by atoms with E-state index >= 15 is 0 Å². The van der Waals surface area contributed by atoms with Gasteiger partial charge in [0.25, 0.3) is 0 Å². The summed E-state index contributed by atoms with van der Waals surface area (Å²) in [4.78, 5) is 8.43. The van der Waals surface area contributed by atoms with Crippen LogP contribution in [0.4, 0.5) is 0 Å². The minimum Gasteiger partial charge on any atom is -0.313 e. The zero-order chi connectivity index (χ0) is 12.0. The van der Waals surface area contributed by atoms with Gasteiger partial charge in [-0.25, -0.2) is 9.97 Å². The Bertz CT molecular complexity index is 317. The Morgan fingerprint density at radius 1 is 1.44 bits per heavy atom. The summed E-state index contributed by atoms with van der Waals surface area (Å²) >= 11 is 2.31. The van der Waals surface area contributed by atoms with Crippen molar-refractivity contribution in [1.82, 2.24) is 15.3 Å². The maximum atomic E-state index is 4.40. The first-order valence-electron chi connectivity index (χ1n) is 5.89. The van der Waals surface area contributed by atoms with Crippen LogP contribution in [0.2, 0.25) is 0 Å². The molecular formula is C12H20IN3. The van der Waals surface area contributed by atoms with Crippen molar-refractivity contribution in [3.05, 3.63) is 21.8 Å². The molecule has 3 nitrogen and oxygen atoms in total. The van der Waals surface area contributed by atoms with E-state index in [0.29, 0.717) is 12.0 Å². The normalized spacial score (nSPS) is 14.8. The Morgan fingerprint density at radius 3 is 2.75 bits per heavy atom. The lowest BCUT2D eigenvalue weighted by Gasteiger charge is -2.24. The molecule has 1 rings (SSSR count). The Balaban J connectivity index is 2.74. The maximum Gasteiger partial charge on any atom is 0.115 e. The molecule has 90 valence electrons. The predicted molar refractivity (Wildman–Crippen MR) is 75.5 cm³/mol. The van der Waals surface area contributed by atoms with Crippen molar-refractivity contribution in [2.24, 2.45) is 0 Å². The van der Waals surface area contributed by atoms with Crippen molar-refractivity contribution in [2.75, 3.05) is 6.54 Å². The van der Waals surface area contributed by atoms with Gasteiger partial charge in [-0.2, -0.15) is 0 Å². The third-order valence-corrected chi connectivity index (χ3v) is 3.66. The molecule has 0 saturated heterocycles. The SMILES string of the molecule is CCCNC(CC)C(C)c1ncncc1I. The summed E-state index contributed by atoms with van der Waals surface area (Å²) in [5.41, 5.74) is 1.16. The average Bonchev–Trinajstić information content (AvgIpc) is 2.30. The van der Waals surface area contributed by atoms with E-state index in [-0.39, 0.29) is 0 Å². The van der Waals surface area contributed by atoms with Gasteiger partial charge < -0.3 is 5.32 Å². The van der Waals surface area contributed by atoms with Crippen LogP contribution in [0.25, 0.3) is 0 Å². The zero-order valence-electron chi connectivity index (χ0n) is 10.2. The number of rotatable bonds is 6. The molecule has 1 aromatic rings. The highest BCUT2D eigenvalue weighted by atomic mass is 127. The smallest absolute Gasteiger partial charge is 0.115 e. The summed E-state index contributed by atoms with van der Waals surface area (Å²) in [6.45, 7) is 7.72. The molecule has 4 heteroatoms. The molecule has 0 bridgehead atoms. The van der Waals surface area contributed by atoms with E-state index in [2.05, 4.69) is 58.6 Å². The second-order valence-corrected chi connectivity index (χ2v) is 5.18. The molecule has 0 aliphatic carbocycles. The fraction of sp³-hybridized carbons (Fsp3) is 0.667. The molecule has 2 unspecified atom stereocenters. The van der Waals surface area contributed by atoms with Crippen molar-refractivity contribution in [2.45, 2.75) is 45.6 Å². The van der Waals surface area contributed by atoms with Crippen LogP contribution in [0.1, 0.15) is 45.2 Å². The van der Waals surface area contributed by atoms with Gasteiger partial charge in [-0.05, 0) is 42.0 Å². The molecule has 0 saturated carbocycles. The lowest BCUT2D eigenvalue weighted by molar-refractivity contribution is 0.431. The molecule has 0 spiro atoms. The molecule has 0 aromatic carbocycles. The summed E-state index contributed by atoms with van der Waals surface area (Å²) in [5.74, 6) is 0.437. The van der Waals surface area contributed by atoms with Crippen LogP contribution in [0.5, 0.6) is 0 Å². The van der Waals surface area contributed by atoms with E-state index in [4.69, 9.17) is 0 Å². The Morgan fingerprint density at radius 2 is 2.19 bits per heavy atom. The lowest BCUT2D eigenvalue weighted by atomic mass is 9.96. The number of halogens is 1. The molecule has 1 N–H and O–H groups in total. The fourth-order valence-electron chi connectivity index (χ4n) is 1.85. The first-order valence-corrected chi connectivity index (χ1v) is 6.97. The van der Waals surface area contributed by atoms with Crippen LogP contribution in [-0.2, 0) is 0 Å². The van der Waals surface area contributed by atoms with E-state index in [1.165, 1.54) is 6.42 Å². The zero-order valence-corrected chi connectivity index (χ0v) is 12.4. The van der Waals surface area contributed by atoms with Gasteiger partial charge in [-0.15, -0.1) is 0 Å². The van der Waals surface area contributed by atoms with Gasteiger partial charge in [0, 0.05) is 18.2 Å². The fourth-order valence-corrected chi connectivity index (χ4v) is 2.64. The van der Waals surface area contributed by atoms with Crippen molar-refractivity contribution in [3.63, 3.8) is 0 Å². The van der Waals surface area contributed by atoms with Gasteiger partial charge >= 0.3 is 0 Å². The van der Waals surface area contributed by atoms with Crippen molar-refractivity contribution in [1.29, 1.82) is 0 Å². The van der Waals surface area contributed by atoms with Gasteiger partial charge in [0.15, 0.2) is 0 Å². The first-order chi connectivity index (χ1) is 7.70. The number of nitrogens with one attached hydrogen (secondary N) is 1. The summed E-state index contributed by atoms with van der Waals surface area (Å²) in [6, 6.07) is 0.503. The number of hydrogen-bond acceptors (Lipinski definition) is 3. The Hall–Kier alpha value is -0.230. The molecular weight excluding hydrogens is 313 g/mol. The molecule has 1 heterocycles. The molecule has 0 fully saturated rings. The topological polar surface area (TPSA) is 37.8 Å². The van der Waals surface area contributed by atoms with Crippen molar-refractivity contribution >= 4 is 22.6 Å². The Kier molecular flexibility index (Phi) is 6.20. The second-order valence-electron chi connectivity index (χ2n) is 4.01.